The Morgan fingerprint density at radius 3 is 2.07 bits per heavy atom. The highest BCUT2D eigenvalue weighted by Gasteiger charge is 2.59. The van der Waals surface area contributed by atoms with Crippen molar-refractivity contribution in [1.82, 2.24) is 0 Å². The Hall–Kier alpha value is -2.17. The molecule has 2 saturated carbocycles. The Morgan fingerprint density at radius 2 is 1.51 bits per heavy atom. The van der Waals surface area contributed by atoms with Gasteiger partial charge in [-0.25, -0.2) is 0 Å². The molecule has 4 heteroatoms. The van der Waals surface area contributed by atoms with E-state index in [1.165, 1.54) is 29.6 Å². The van der Waals surface area contributed by atoms with Gasteiger partial charge < -0.3 is 9.16 Å². The second-order valence-corrected chi connectivity index (χ2v) is 19.4. The molecule has 2 aromatic carbocycles. The van der Waals surface area contributed by atoms with Gasteiger partial charge in [-0.2, -0.15) is 0 Å². The maximum absolute atomic E-state index is 13.0. The topological polar surface area (TPSA) is 35.5 Å². The van der Waals surface area contributed by atoms with E-state index in [2.05, 4.69) is 108 Å². The number of methoxy groups -OCH3 is 1. The number of carbonyl (C=O) groups is 1. The van der Waals surface area contributed by atoms with Gasteiger partial charge in [-0.15, -0.1) is 0 Å². The molecule has 0 amide bonds. The molecule has 0 spiro atoms. The van der Waals surface area contributed by atoms with Crippen molar-refractivity contribution in [2.24, 2.45) is 28.1 Å². The Morgan fingerprint density at radius 1 is 0.902 bits per heavy atom. The molecule has 0 heterocycles. The molecule has 0 aromatic heterocycles. The van der Waals surface area contributed by atoms with Crippen LogP contribution in [0.25, 0.3) is 0 Å². The second-order valence-electron chi connectivity index (χ2n) is 15.1. The first kappa shape index (κ1) is 30.3. The summed E-state index contributed by atoms with van der Waals surface area (Å²) >= 11 is 0. The molecule has 222 valence electrons. The molecule has 5 rings (SSSR count). The summed E-state index contributed by atoms with van der Waals surface area (Å²) in [6, 6.07) is 22.0. The number of allylic oxidation sites excluding steroid dienone is 2. The van der Waals surface area contributed by atoms with Crippen LogP contribution in [0.1, 0.15) is 92.9 Å². The number of benzene rings is 2. The van der Waals surface area contributed by atoms with E-state index in [0.29, 0.717) is 11.8 Å². The van der Waals surface area contributed by atoms with E-state index in [0.717, 1.165) is 38.7 Å². The van der Waals surface area contributed by atoms with E-state index >= 15 is 0 Å². The van der Waals surface area contributed by atoms with Gasteiger partial charge in [0.1, 0.15) is 0 Å². The second kappa shape index (κ2) is 11.2. The summed E-state index contributed by atoms with van der Waals surface area (Å²) in [7, 11) is -0.967. The molecule has 0 saturated heterocycles. The molecule has 5 atom stereocenters. The zero-order valence-electron chi connectivity index (χ0n) is 26.6. The Labute approximate surface area is 250 Å². The van der Waals surface area contributed by atoms with Crippen molar-refractivity contribution in [1.29, 1.82) is 0 Å². The molecular weight excluding hydrogens is 520 g/mol. The number of ether oxygens (including phenoxy) is 1. The Kier molecular flexibility index (Phi) is 8.24. The highest BCUT2D eigenvalue weighted by Crippen LogP contribution is 2.64. The summed E-state index contributed by atoms with van der Waals surface area (Å²) in [5, 5.41) is 2.69. The van der Waals surface area contributed by atoms with Crippen LogP contribution in [0.4, 0.5) is 0 Å². The highest BCUT2D eigenvalue weighted by atomic mass is 28.4. The maximum atomic E-state index is 13.0. The van der Waals surface area contributed by atoms with Crippen molar-refractivity contribution in [2.45, 2.75) is 97.9 Å². The molecule has 0 radical (unpaired) electrons. The van der Waals surface area contributed by atoms with Crippen LogP contribution in [0.2, 0.25) is 5.04 Å². The van der Waals surface area contributed by atoms with Gasteiger partial charge in [-0.1, -0.05) is 113 Å². The van der Waals surface area contributed by atoms with Crippen molar-refractivity contribution < 1.29 is 14.0 Å². The van der Waals surface area contributed by atoms with E-state index in [-0.39, 0.29) is 27.3 Å². The van der Waals surface area contributed by atoms with Crippen LogP contribution in [-0.4, -0.2) is 28.0 Å². The van der Waals surface area contributed by atoms with E-state index in [9.17, 15) is 4.79 Å². The molecule has 0 bridgehead atoms. The average molecular weight is 573 g/mol. The Bertz CT molecular complexity index is 1210. The predicted octanol–water partition coefficient (Wildman–Crippen LogP) is 8.08. The molecule has 2 aromatic rings. The summed E-state index contributed by atoms with van der Waals surface area (Å²) in [5.74, 6) is 0.986. The van der Waals surface area contributed by atoms with Crippen LogP contribution in [0, 0.1) is 28.1 Å². The molecule has 0 aliphatic heterocycles. The molecule has 0 unspecified atom stereocenters. The van der Waals surface area contributed by atoms with Gasteiger partial charge in [0.2, 0.25) is 0 Å². The van der Waals surface area contributed by atoms with E-state index in [1.807, 2.05) is 0 Å². The van der Waals surface area contributed by atoms with E-state index in [1.54, 1.807) is 12.7 Å². The lowest BCUT2D eigenvalue weighted by molar-refractivity contribution is -0.168. The van der Waals surface area contributed by atoms with Gasteiger partial charge in [0.05, 0.1) is 12.5 Å². The number of esters is 1. The Balaban J connectivity index is 1.39. The first-order valence-corrected chi connectivity index (χ1v) is 17.9. The van der Waals surface area contributed by atoms with Gasteiger partial charge in [-0.05, 0) is 89.9 Å². The molecule has 2 fully saturated rings. The van der Waals surface area contributed by atoms with Crippen LogP contribution in [-0.2, 0) is 14.0 Å². The smallest absolute Gasteiger partial charge is 0.311 e. The minimum atomic E-state index is -2.53. The fourth-order valence-electron chi connectivity index (χ4n) is 9.44. The minimum Gasteiger partial charge on any atom is -0.469 e. The summed E-state index contributed by atoms with van der Waals surface area (Å²) in [4.78, 5) is 13.0. The fraction of sp³-hybridized carbons (Fsp3) is 0.595. The van der Waals surface area contributed by atoms with Gasteiger partial charge in [0.25, 0.3) is 8.32 Å². The standard InChI is InChI=1S/C37H52O3Si/c1-34(2,3)41(29-15-10-8-11-16-29,30-17-12-9-13-18-30)40-26-25-35(4)24-21-31-28(27-35)19-20-32-36(31,5)22-14-23-37(32,6)33(38)39-7/h8-13,15-18,27,31-32H,14,19-26H2,1-7H3/t31-,32+,35+,36+,37+/m0/s1. The van der Waals surface area contributed by atoms with Gasteiger partial charge in [-0.3, -0.25) is 4.79 Å². The van der Waals surface area contributed by atoms with Gasteiger partial charge in [0.15, 0.2) is 0 Å². The molecule has 3 aliphatic rings. The summed E-state index contributed by atoms with van der Waals surface area (Å²) in [6.07, 6.45) is 11.6. The first-order chi connectivity index (χ1) is 19.4. The summed E-state index contributed by atoms with van der Waals surface area (Å²) < 4.78 is 12.7. The lowest BCUT2D eigenvalue weighted by Gasteiger charge is -2.59. The SMILES string of the molecule is COC(=O)[C@]1(C)CCC[C@@]2(C)[C@H]1CCC1=C[C@@](C)(CCO[Si](c3ccccc3)(c3ccccc3)C(C)(C)C)CC[C@@H]12. The maximum Gasteiger partial charge on any atom is 0.311 e. The number of hydrogen-bond donors (Lipinski definition) is 0. The largest absolute Gasteiger partial charge is 0.469 e. The van der Waals surface area contributed by atoms with Gasteiger partial charge >= 0.3 is 5.97 Å². The fourth-order valence-corrected chi connectivity index (χ4v) is 14.0. The van der Waals surface area contributed by atoms with Crippen LogP contribution < -0.4 is 10.4 Å². The minimum absolute atomic E-state index is 0.00183. The lowest BCUT2D eigenvalue weighted by atomic mass is 9.45. The van der Waals surface area contributed by atoms with Crippen LogP contribution >= 0.6 is 0 Å². The van der Waals surface area contributed by atoms with Crippen molar-refractivity contribution in [3.8, 4) is 0 Å². The van der Waals surface area contributed by atoms with Crippen molar-refractivity contribution in [2.75, 3.05) is 13.7 Å². The average Bonchev–Trinajstić information content (AvgIpc) is 2.95. The number of fused-ring (bicyclic) bond motifs is 3. The summed E-state index contributed by atoms with van der Waals surface area (Å²) in [6.45, 7) is 15.0. The summed E-state index contributed by atoms with van der Waals surface area (Å²) in [5.41, 5.74) is 1.62. The zero-order chi connectivity index (χ0) is 29.5. The molecular formula is C37H52O3Si. The molecule has 3 nitrogen and oxygen atoms in total. The number of rotatable bonds is 7. The number of carbonyl (C=O) groups excluding carboxylic acids is 1. The van der Waals surface area contributed by atoms with Crippen molar-refractivity contribution in [3.63, 3.8) is 0 Å². The third kappa shape index (κ3) is 5.18. The van der Waals surface area contributed by atoms with Crippen LogP contribution in [0.15, 0.2) is 72.3 Å². The van der Waals surface area contributed by atoms with Crippen molar-refractivity contribution in [3.05, 3.63) is 72.3 Å². The van der Waals surface area contributed by atoms with E-state index in [4.69, 9.17) is 9.16 Å². The van der Waals surface area contributed by atoms with Gasteiger partial charge in [0, 0.05) is 6.61 Å². The molecule has 3 aliphatic carbocycles. The molecule has 41 heavy (non-hydrogen) atoms. The zero-order valence-corrected chi connectivity index (χ0v) is 27.6. The monoisotopic (exact) mass is 572 g/mol. The normalized spacial score (nSPS) is 31.9. The molecule has 0 N–H and O–H groups in total. The van der Waals surface area contributed by atoms with Crippen molar-refractivity contribution >= 4 is 24.7 Å². The predicted molar refractivity (Wildman–Crippen MR) is 172 cm³/mol. The van der Waals surface area contributed by atoms with Crippen LogP contribution in [0.5, 0.6) is 0 Å². The first-order valence-electron chi connectivity index (χ1n) is 15.9. The lowest BCUT2D eigenvalue weighted by Crippen LogP contribution is -2.66. The van der Waals surface area contributed by atoms with Crippen LogP contribution in [0.3, 0.4) is 0 Å². The highest BCUT2D eigenvalue weighted by molar-refractivity contribution is 6.99. The van der Waals surface area contributed by atoms with E-state index < -0.39 is 8.32 Å². The third-order valence-corrected chi connectivity index (χ3v) is 16.6. The quantitative estimate of drug-likeness (QED) is 0.191. The third-order valence-electron chi connectivity index (χ3n) is 11.5. The number of hydrogen-bond acceptors (Lipinski definition) is 3.